The molecule has 1 N–H and O–H groups in total. The summed E-state index contributed by atoms with van der Waals surface area (Å²) in [6.07, 6.45) is -1.07. The van der Waals surface area contributed by atoms with Crippen LogP contribution in [0.5, 0.6) is 0 Å². The van der Waals surface area contributed by atoms with Crippen LogP contribution in [-0.4, -0.2) is 22.9 Å². The van der Waals surface area contributed by atoms with E-state index >= 15 is 0 Å². The lowest BCUT2D eigenvalue weighted by atomic mass is 10.1. The monoisotopic (exact) mass is 376 g/mol. The molecule has 26 heavy (non-hydrogen) atoms. The molecule has 0 saturated carbocycles. The quantitative estimate of drug-likeness (QED) is 0.482. The van der Waals surface area contributed by atoms with Gasteiger partial charge in [-0.2, -0.15) is 0 Å². The minimum Gasteiger partial charge on any atom is -0.449 e. The zero-order valence-corrected chi connectivity index (χ0v) is 15.2. The molecular weight excluding hydrogens is 360 g/mol. The summed E-state index contributed by atoms with van der Waals surface area (Å²) in [6, 6.07) is 8.93. The first-order chi connectivity index (χ1) is 12.2. The lowest BCUT2D eigenvalue weighted by Gasteiger charge is -2.15. The SMILES string of the molecule is Cc1ccc(C(=O)O[C@H](C)C(=O)Nc2ccc([N+](=O)[O-])cc2Cl)c(C)c1. The molecule has 7 nitrogen and oxygen atoms in total. The summed E-state index contributed by atoms with van der Waals surface area (Å²) in [5.74, 6) is -1.21. The first kappa shape index (κ1) is 19.4. The summed E-state index contributed by atoms with van der Waals surface area (Å²) in [6.45, 7) is 5.12. The van der Waals surface area contributed by atoms with Crippen LogP contribution in [0.4, 0.5) is 11.4 Å². The van der Waals surface area contributed by atoms with Crippen LogP contribution in [0.3, 0.4) is 0 Å². The number of rotatable bonds is 5. The van der Waals surface area contributed by atoms with E-state index in [0.29, 0.717) is 5.56 Å². The number of ether oxygens (including phenoxy) is 1. The fraction of sp³-hybridized carbons (Fsp3) is 0.222. The number of carbonyl (C=O) groups is 2. The molecule has 0 aliphatic carbocycles. The van der Waals surface area contributed by atoms with Gasteiger partial charge < -0.3 is 10.1 Å². The smallest absolute Gasteiger partial charge is 0.339 e. The van der Waals surface area contributed by atoms with Gasteiger partial charge in [0.25, 0.3) is 11.6 Å². The fourth-order valence-corrected chi connectivity index (χ4v) is 2.50. The van der Waals surface area contributed by atoms with Gasteiger partial charge in [-0.3, -0.25) is 14.9 Å². The summed E-state index contributed by atoms with van der Waals surface area (Å²) >= 11 is 5.93. The van der Waals surface area contributed by atoms with Gasteiger partial charge in [0.15, 0.2) is 6.10 Å². The highest BCUT2D eigenvalue weighted by molar-refractivity contribution is 6.34. The number of carbonyl (C=O) groups excluding carboxylic acids is 2. The summed E-state index contributed by atoms with van der Waals surface area (Å²) in [5.41, 5.74) is 2.14. The maximum Gasteiger partial charge on any atom is 0.339 e. The molecule has 1 atom stereocenters. The molecule has 0 unspecified atom stereocenters. The highest BCUT2D eigenvalue weighted by Crippen LogP contribution is 2.26. The molecule has 0 bridgehead atoms. The van der Waals surface area contributed by atoms with Crippen LogP contribution in [-0.2, 0) is 9.53 Å². The third-order valence-electron chi connectivity index (χ3n) is 3.68. The Hall–Kier alpha value is -2.93. The predicted molar refractivity (Wildman–Crippen MR) is 97.5 cm³/mol. The zero-order chi connectivity index (χ0) is 19.4. The van der Waals surface area contributed by atoms with Crippen molar-refractivity contribution in [2.24, 2.45) is 0 Å². The first-order valence-electron chi connectivity index (χ1n) is 7.72. The molecular formula is C18H17ClN2O5. The van der Waals surface area contributed by atoms with Crippen LogP contribution in [0.25, 0.3) is 0 Å². The van der Waals surface area contributed by atoms with E-state index in [-0.39, 0.29) is 16.4 Å². The van der Waals surface area contributed by atoms with Gasteiger partial charge in [-0.15, -0.1) is 0 Å². The highest BCUT2D eigenvalue weighted by atomic mass is 35.5. The number of amides is 1. The lowest BCUT2D eigenvalue weighted by Crippen LogP contribution is -2.30. The molecule has 0 fully saturated rings. The van der Waals surface area contributed by atoms with Gasteiger partial charge in [-0.05, 0) is 38.5 Å². The second-order valence-corrected chi connectivity index (χ2v) is 6.18. The molecule has 0 aliphatic heterocycles. The van der Waals surface area contributed by atoms with Gasteiger partial charge in [-0.25, -0.2) is 4.79 Å². The number of benzene rings is 2. The van der Waals surface area contributed by atoms with Crippen molar-refractivity contribution in [1.82, 2.24) is 0 Å². The Morgan fingerprint density at radius 3 is 2.46 bits per heavy atom. The molecule has 0 heterocycles. The van der Waals surface area contributed by atoms with E-state index in [4.69, 9.17) is 16.3 Å². The molecule has 2 rings (SSSR count). The zero-order valence-electron chi connectivity index (χ0n) is 14.4. The second kappa shape index (κ2) is 7.97. The maximum atomic E-state index is 12.2. The number of nitrogens with zero attached hydrogens (tertiary/aromatic N) is 1. The van der Waals surface area contributed by atoms with E-state index in [1.807, 2.05) is 13.0 Å². The summed E-state index contributed by atoms with van der Waals surface area (Å²) < 4.78 is 5.19. The van der Waals surface area contributed by atoms with Gasteiger partial charge in [0.2, 0.25) is 0 Å². The fourth-order valence-electron chi connectivity index (χ4n) is 2.27. The Kier molecular flexibility index (Phi) is 5.94. The van der Waals surface area contributed by atoms with Crippen LogP contribution in [0, 0.1) is 24.0 Å². The summed E-state index contributed by atoms with van der Waals surface area (Å²) in [5, 5.41) is 13.2. The van der Waals surface area contributed by atoms with Crippen molar-refractivity contribution in [3.8, 4) is 0 Å². The Labute approximate surface area is 155 Å². The van der Waals surface area contributed by atoms with E-state index in [1.54, 1.807) is 19.1 Å². The minimum absolute atomic E-state index is 0.0143. The number of anilines is 1. The van der Waals surface area contributed by atoms with Crippen molar-refractivity contribution in [3.05, 3.63) is 68.2 Å². The Bertz CT molecular complexity index is 882. The van der Waals surface area contributed by atoms with Crippen molar-refractivity contribution in [1.29, 1.82) is 0 Å². The van der Waals surface area contributed by atoms with Crippen molar-refractivity contribution >= 4 is 34.9 Å². The number of nitro benzene ring substituents is 1. The number of hydrogen-bond donors (Lipinski definition) is 1. The van der Waals surface area contributed by atoms with Gasteiger partial charge in [0.05, 0.1) is 21.2 Å². The van der Waals surface area contributed by atoms with Crippen molar-refractivity contribution in [2.45, 2.75) is 26.9 Å². The molecule has 0 aliphatic rings. The van der Waals surface area contributed by atoms with Crippen LogP contribution >= 0.6 is 11.6 Å². The molecule has 0 saturated heterocycles. The topological polar surface area (TPSA) is 98.5 Å². The van der Waals surface area contributed by atoms with E-state index in [9.17, 15) is 19.7 Å². The summed E-state index contributed by atoms with van der Waals surface area (Å²) in [7, 11) is 0. The van der Waals surface area contributed by atoms with E-state index in [2.05, 4.69) is 5.32 Å². The number of non-ortho nitro benzene ring substituents is 1. The second-order valence-electron chi connectivity index (χ2n) is 5.78. The van der Waals surface area contributed by atoms with E-state index in [1.165, 1.54) is 19.1 Å². The van der Waals surface area contributed by atoms with Gasteiger partial charge in [0, 0.05) is 12.1 Å². The number of esters is 1. The highest BCUT2D eigenvalue weighted by Gasteiger charge is 2.21. The standard InChI is InChI=1S/C18H17ClN2O5/c1-10-4-6-14(11(2)8-10)18(23)26-12(3)17(22)20-16-7-5-13(21(24)25)9-15(16)19/h4-9,12H,1-3H3,(H,20,22)/t12-/m1/s1. The van der Waals surface area contributed by atoms with Crippen LogP contribution in [0.15, 0.2) is 36.4 Å². The van der Waals surface area contributed by atoms with Crippen LogP contribution in [0.1, 0.15) is 28.4 Å². The largest absolute Gasteiger partial charge is 0.449 e. The third-order valence-corrected chi connectivity index (χ3v) is 3.99. The third kappa shape index (κ3) is 4.58. The minimum atomic E-state index is -1.07. The van der Waals surface area contributed by atoms with E-state index < -0.39 is 22.9 Å². The normalized spacial score (nSPS) is 11.5. The van der Waals surface area contributed by atoms with Crippen molar-refractivity contribution in [3.63, 3.8) is 0 Å². The molecule has 2 aromatic rings. The van der Waals surface area contributed by atoms with Crippen molar-refractivity contribution in [2.75, 3.05) is 5.32 Å². The van der Waals surface area contributed by atoms with Gasteiger partial charge in [-0.1, -0.05) is 29.3 Å². The van der Waals surface area contributed by atoms with Crippen LogP contribution < -0.4 is 5.32 Å². The average molecular weight is 377 g/mol. The van der Waals surface area contributed by atoms with Crippen LogP contribution in [0.2, 0.25) is 5.02 Å². The Morgan fingerprint density at radius 1 is 1.19 bits per heavy atom. The Morgan fingerprint density at radius 2 is 1.88 bits per heavy atom. The molecule has 0 radical (unpaired) electrons. The average Bonchev–Trinajstić information content (AvgIpc) is 2.56. The van der Waals surface area contributed by atoms with Crippen molar-refractivity contribution < 1.29 is 19.2 Å². The Balaban J connectivity index is 2.05. The van der Waals surface area contributed by atoms with Gasteiger partial charge >= 0.3 is 5.97 Å². The van der Waals surface area contributed by atoms with E-state index in [0.717, 1.165) is 17.2 Å². The number of nitro groups is 1. The lowest BCUT2D eigenvalue weighted by molar-refractivity contribution is -0.384. The molecule has 0 aromatic heterocycles. The number of halogens is 1. The molecule has 2 aromatic carbocycles. The molecule has 1 amide bonds. The number of nitrogens with one attached hydrogen (secondary N) is 1. The maximum absolute atomic E-state index is 12.2. The summed E-state index contributed by atoms with van der Waals surface area (Å²) in [4.78, 5) is 34.5. The predicted octanol–water partition coefficient (Wildman–Crippen LogP) is 4.05. The van der Waals surface area contributed by atoms with Gasteiger partial charge in [0.1, 0.15) is 0 Å². The first-order valence-corrected chi connectivity index (χ1v) is 8.10. The number of aryl methyl sites for hydroxylation is 2. The molecule has 8 heteroatoms. The molecule has 0 spiro atoms. The molecule has 136 valence electrons. The number of hydrogen-bond acceptors (Lipinski definition) is 5.